The average molecular weight is 273 g/mol. The van der Waals surface area contributed by atoms with E-state index in [4.69, 9.17) is 23.2 Å². The maximum absolute atomic E-state index is 11.9. The number of imide groups is 1. The predicted octanol–water partition coefficient (Wildman–Crippen LogP) is 2.78. The van der Waals surface area contributed by atoms with Crippen LogP contribution in [-0.2, 0) is 4.79 Å². The number of likely N-dealkylation sites (N-methyl/N-ethyl adjacent to an activating group) is 1. The fourth-order valence-corrected chi connectivity index (χ4v) is 2.19. The highest BCUT2D eigenvalue weighted by Gasteiger charge is 2.41. The van der Waals surface area contributed by atoms with Gasteiger partial charge >= 0.3 is 6.03 Å². The Morgan fingerprint density at radius 2 is 1.65 bits per heavy atom. The molecule has 1 aromatic carbocycles. The Hall–Kier alpha value is -1.26. The summed E-state index contributed by atoms with van der Waals surface area (Å²) in [5.74, 6) is -0.282. The number of anilines is 1. The monoisotopic (exact) mass is 272 g/mol. The van der Waals surface area contributed by atoms with E-state index >= 15 is 0 Å². The summed E-state index contributed by atoms with van der Waals surface area (Å²) in [5.41, 5.74) is 0.397. The van der Waals surface area contributed by atoms with Gasteiger partial charge in [0.2, 0.25) is 0 Å². The summed E-state index contributed by atoms with van der Waals surface area (Å²) >= 11 is 11.7. The van der Waals surface area contributed by atoms with Gasteiger partial charge in [0.15, 0.2) is 0 Å². The molecule has 6 heteroatoms. The highest BCUT2D eigenvalue weighted by atomic mass is 35.5. The number of carbonyl (C=O) groups is 2. The topological polar surface area (TPSA) is 40.6 Å². The van der Waals surface area contributed by atoms with Crippen LogP contribution in [0.15, 0.2) is 18.2 Å². The number of benzene rings is 1. The molecule has 1 fully saturated rings. The SMILES string of the molecule is CC1C(=O)N(c2cc(Cl)cc(Cl)c2)C(=O)N1C. The molecule has 17 heavy (non-hydrogen) atoms. The molecule has 3 amide bonds. The molecule has 0 spiro atoms. The Morgan fingerprint density at radius 1 is 1.12 bits per heavy atom. The quantitative estimate of drug-likeness (QED) is 0.738. The summed E-state index contributed by atoms with van der Waals surface area (Å²) in [7, 11) is 1.58. The highest BCUT2D eigenvalue weighted by Crippen LogP contribution is 2.29. The zero-order chi connectivity index (χ0) is 12.7. The molecule has 1 saturated heterocycles. The van der Waals surface area contributed by atoms with E-state index < -0.39 is 6.04 Å². The number of halogens is 2. The number of hydrogen-bond donors (Lipinski definition) is 0. The van der Waals surface area contributed by atoms with Crippen LogP contribution in [0, 0.1) is 0 Å². The van der Waals surface area contributed by atoms with Crippen molar-refractivity contribution in [2.75, 3.05) is 11.9 Å². The number of hydrogen-bond acceptors (Lipinski definition) is 2. The smallest absolute Gasteiger partial charge is 0.315 e. The van der Waals surface area contributed by atoms with Crippen LogP contribution in [0.5, 0.6) is 0 Å². The van der Waals surface area contributed by atoms with Crippen LogP contribution < -0.4 is 4.90 Å². The van der Waals surface area contributed by atoms with Crippen molar-refractivity contribution in [2.45, 2.75) is 13.0 Å². The fraction of sp³-hybridized carbons (Fsp3) is 0.273. The van der Waals surface area contributed by atoms with Crippen molar-refractivity contribution in [2.24, 2.45) is 0 Å². The Kier molecular flexibility index (Phi) is 3.02. The largest absolute Gasteiger partial charge is 0.331 e. The lowest BCUT2D eigenvalue weighted by Crippen LogP contribution is -2.31. The Labute approximate surface area is 109 Å². The Balaban J connectivity index is 2.47. The standard InChI is InChI=1S/C11H10Cl2N2O2/c1-6-10(16)15(11(17)14(6)2)9-4-7(12)3-8(13)5-9/h3-6H,1-2H3. The van der Waals surface area contributed by atoms with Crippen LogP contribution >= 0.6 is 23.2 Å². The highest BCUT2D eigenvalue weighted by molar-refractivity contribution is 6.35. The molecule has 0 aromatic heterocycles. The van der Waals surface area contributed by atoms with E-state index in [1.54, 1.807) is 20.0 Å². The maximum Gasteiger partial charge on any atom is 0.331 e. The van der Waals surface area contributed by atoms with Gasteiger partial charge in [-0.3, -0.25) is 4.79 Å². The van der Waals surface area contributed by atoms with Crippen LogP contribution in [0.3, 0.4) is 0 Å². The Morgan fingerprint density at radius 3 is 2.06 bits per heavy atom. The molecule has 1 heterocycles. The lowest BCUT2D eigenvalue weighted by molar-refractivity contribution is -0.119. The summed E-state index contributed by atoms with van der Waals surface area (Å²) in [4.78, 5) is 26.3. The lowest BCUT2D eigenvalue weighted by Gasteiger charge is -2.14. The third kappa shape index (κ3) is 1.98. The molecule has 0 aliphatic carbocycles. The van der Waals surface area contributed by atoms with Crippen molar-refractivity contribution in [1.82, 2.24) is 4.90 Å². The van der Waals surface area contributed by atoms with E-state index in [1.807, 2.05) is 0 Å². The molecule has 90 valence electrons. The number of urea groups is 1. The number of rotatable bonds is 1. The van der Waals surface area contributed by atoms with Gasteiger partial charge in [-0.1, -0.05) is 23.2 Å². The van der Waals surface area contributed by atoms with E-state index in [0.29, 0.717) is 15.7 Å². The molecule has 1 aromatic rings. The first-order chi connectivity index (χ1) is 7.91. The summed E-state index contributed by atoms with van der Waals surface area (Å²) in [5, 5.41) is 0.769. The van der Waals surface area contributed by atoms with Crippen LogP contribution in [0.2, 0.25) is 10.0 Å². The average Bonchev–Trinajstić information content (AvgIpc) is 2.42. The zero-order valence-electron chi connectivity index (χ0n) is 9.28. The van der Waals surface area contributed by atoms with Gasteiger partial charge in [-0.05, 0) is 25.1 Å². The van der Waals surface area contributed by atoms with Crippen molar-refractivity contribution in [3.05, 3.63) is 28.2 Å². The number of carbonyl (C=O) groups excluding carboxylic acids is 2. The minimum Gasteiger partial charge on any atom is -0.315 e. The first kappa shape index (κ1) is 12.2. The minimum atomic E-state index is -0.472. The van der Waals surface area contributed by atoms with E-state index in [0.717, 1.165) is 4.90 Å². The molecule has 0 N–H and O–H groups in total. The van der Waals surface area contributed by atoms with E-state index in [2.05, 4.69) is 0 Å². The van der Waals surface area contributed by atoms with Gasteiger partial charge in [0.05, 0.1) is 5.69 Å². The maximum atomic E-state index is 11.9. The van der Waals surface area contributed by atoms with Crippen molar-refractivity contribution in [3.8, 4) is 0 Å². The zero-order valence-corrected chi connectivity index (χ0v) is 10.8. The Bertz CT molecular complexity index is 464. The predicted molar refractivity (Wildman–Crippen MR) is 66.6 cm³/mol. The number of amides is 3. The van der Waals surface area contributed by atoms with Gasteiger partial charge in [-0.15, -0.1) is 0 Å². The van der Waals surface area contributed by atoms with Crippen LogP contribution in [0.25, 0.3) is 0 Å². The minimum absolute atomic E-state index is 0.282. The fourth-order valence-electron chi connectivity index (χ4n) is 1.68. The van der Waals surface area contributed by atoms with Gasteiger partial charge in [-0.2, -0.15) is 0 Å². The first-order valence-corrected chi connectivity index (χ1v) is 5.74. The summed E-state index contributed by atoms with van der Waals surface area (Å²) in [6.07, 6.45) is 0. The van der Waals surface area contributed by atoms with Crippen molar-refractivity contribution < 1.29 is 9.59 Å². The molecule has 0 bridgehead atoms. The second-order valence-electron chi connectivity index (χ2n) is 3.87. The lowest BCUT2D eigenvalue weighted by atomic mass is 10.2. The van der Waals surface area contributed by atoms with Crippen LogP contribution in [0.1, 0.15) is 6.92 Å². The van der Waals surface area contributed by atoms with E-state index in [-0.39, 0.29) is 11.9 Å². The van der Waals surface area contributed by atoms with Crippen molar-refractivity contribution in [1.29, 1.82) is 0 Å². The number of nitrogens with zero attached hydrogens (tertiary/aromatic N) is 2. The molecular weight excluding hydrogens is 263 g/mol. The second-order valence-corrected chi connectivity index (χ2v) is 4.74. The molecular formula is C11H10Cl2N2O2. The first-order valence-electron chi connectivity index (χ1n) is 4.98. The molecule has 1 aliphatic rings. The van der Waals surface area contributed by atoms with Gasteiger partial charge in [0.25, 0.3) is 5.91 Å². The molecule has 1 aliphatic heterocycles. The van der Waals surface area contributed by atoms with E-state index in [1.165, 1.54) is 17.0 Å². The molecule has 1 unspecified atom stereocenters. The summed E-state index contributed by atoms with van der Waals surface area (Å²) in [6.45, 7) is 1.67. The van der Waals surface area contributed by atoms with Crippen molar-refractivity contribution in [3.63, 3.8) is 0 Å². The van der Waals surface area contributed by atoms with Crippen molar-refractivity contribution >= 4 is 40.8 Å². The van der Waals surface area contributed by atoms with Gasteiger partial charge in [-0.25, -0.2) is 9.69 Å². The van der Waals surface area contributed by atoms with Crippen LogP contribution in [-0.4, -0.2) is 29.9 Å². The second kappa shape index (κ2) is 4.20. The van der Waals surface area contributed by atoms with Crippen LogP contribution in [0.4, 0.5) is 10.5 Å². The molecule has 0 radical (unpaired) electrons. The van der Waals surface area contributed by atoms with E-state index in [9.17, 15) is 9.59 Å². The van der Waals surface area contributed by atoms with Gasteiger partial charge < -0.3 is 4.90 Å². The molecule has 4 nitrogen and oxygen atoms in total. The normalized spacial score (nSPS) is 20.4. The third-order valence-corrected chi connectivity index (χ3v) is 3.19. The van der Waals surface area contributed by atoms with Gasteiger partial charge in [0, 0.05) is 17.1 Å². The molecule has 2 rings (SSSR count). The summed E-state index contributed by atoms with van der Waals surface area (Å²) < 4.78 is 0. The van der Waals surface area contributed by atoms with Gasteiger partial charge in [0.1, 0.15) is 6.04 Å². The molecule has 1 atom stereocenters. The third-order valence-electron chi connectivity index (χ3n) is 2.76. The summed E-state index contributed by atoms with van der Waals surface area (Å²) in [6, 6.07) is 3.77. The molecule has 0 saturated carbocycles.